The quantitative estimate of drug-likeness (QED) is 0.179. The number of fused-ring (bicyclic) bond motifs is 1. The van der Waals surface area contributed by atoms with E-state index in [1.54, 1.807) is 13.8 Å². The molecule has 0 aliphatic carbocycles. The first-order valence-corrected chi connectivity index (χ1v) is 14.6. The summed E-state index contributed by atoms with van der Waals surface area (Å²) in [6.45, 7) is 6.33. The molecule has 0 bridgehead atoms. The van der Waals surface area contributed by atoms with Gasteiger partial charge in [-0.3, -0.25) is 9.59 Å². The summed E-state index contributed by atoms with van der Waals surface area (Å²) in [5, 5.41) is 18.2. The minimum absolute atomic E-state index is 0.0923. The van der Waals surface area contributed by atoms with E-state index in [2.05, 4.69) is 38.0 Å². The molecule has 2 aromatic carbocycles. The lowest BCUT2D eigenvalue weighted by atomic mass is 10.0. The highest BCUT2D eigenvalue weighted by atomic mass is 16.3. The van der Waals surface area contributed by atoms with Crippen molar-refractivity contribution in [3.63, 3.8) is 0 Å². The first-order chi connectivity index (χ1) is 20.2. The number of benzene rings is 2. The maximum absolute atomic E-state index is 13.8. The monoisotopic (exact) mass is 577 g/mol. The third-order valence-electron chi connectivity index (χ3n) is 7.52. The molecule has 1 aliphatic rings. The molecule has 2 heterocycles. The molecule has 1 fully saturated rings. The second kappa shape index (κ2) is 14.2. The van der Waals surface area contributed by atoms with Crippen LogP contribution in [-0.4, -0.2) is 90.3 Å². The summed E-state index contributed by atoms with van der Waals surface area (Å²) in [5.41, 5.74) is 9.21. The van der Waals surface area contributed by atoms with Gasteiger partial charge in [0.05, 0.1) is 12.1 Å². The van der Waals surface area contributed by atoms with Crippen LogP contribution in [0.15, 0.2) is 54.7 Å². The number of rotatable bonds is 12. The lowest BCUT2D eigenvalue weighted by Crippen LogP contribution is -2.59. The van der Waals surface area contributed by atoms with E-state index >= 15 is 0 Å². The number of amides is 4. The molecular formula is C31H43N7O4. The van der Waals surface area contributed by atoms with E-state index in [9.17, 15) is 14.4 Å². The molecule has 0 saturated carbocycles. The lowest BCUT2D eigenvalue weighted by molar-refractivity contribution is -0.137. The highest BCUT2D eigenvalue weighted by Crippen LogP contribution is 2.24. The number of nitrogens with one attached hydrogen (secondary N) is 4. The maximum atomic E-state index is 13.8. The average Bonchev–Trinajstić information content (AvgIpc) is 3.40. The molecule has 226 valence electrons. The smallest absolute Gasteiger partial charge is 0.314 e. The van der Waals surface area contributed by atoms with E-state index in [4.69, 9.17) is 10.8 Å². The maximum Gasteiger partial charge on any atom is 0.314 e. The van der Waals surface area contributed by atoms with Gasteiger partial charge < -0.3 is 41.6 Å². The van der Waals surface area contributed by atoms with Crippen molar-refractivity contribution >= 4 is 34.4 Å². The van der Waals surface area contributed by atoms with Gasteiger partial charge in [-0.1, -0.05) is 36.4 Å². The predicted molar refractivity (Wildman–Crippen MR) is 164 cm³/mol. The second-order valence-corrected chi connectivity index (χ2v) is 11.3. The van der Waals surface area contributed by atoms with Crippen LogP contribution >= 0.6 is 0 Å². The number of aliphatic hydroxyl groups excluding tert-OH is 1. The van der Waals surface area contributed by atoms with Crippen LogP contribution < -0.4 is 26.6 Å². The van der Waals surface area contributed by atoms with Crippen LogP contribution in [0.5, 0.6) is 0 Å². The third kappa shape index (κ3) is 8.01. The molecule has 4 amide bonds. The Bertz CT molecular complexity index is 1360. The number of urea groups is 1. The minimum Gasteiger partial charge on any atom is -0.395 e. The molecule has 1 saturated heterocycles. The number of para-hydroxylation sites is 2. The fourth-order valence-electron chi connectivity index (χ4n) is 5.20. The molecule has 1 aliphatic heterocycles. The predicted octanol–water partition coefficient (Wildman–Crippen LogP) is 1.51. The Morgan fingerprint density at radius 3 is 2.40 bits per heavy atom. The molecule has 42 heavy (non-hydrogen) atoms. The molecule has 1 aromatic heterocycles. The summed E-state index contributed by atoms with van der Waals surface area (Å²) >= 11 is 0. The number of nitrogens with two attached hydrogens (primary N) is 1. The molecular weight excluding hydrogens is 534 g/mol. The summed E-state index contributed by atoms with van der Waals surface area (Å²) in [4.78, 5) is 45.8. The normalized spacial score (nSPS) is 14.5. The van der Waals surface area contributed by atoms with Crippen LogP contribution in [0.2, 0.25) is 0 Å². The number of nitrogens with zero attached hydrogens (tertiary/aromatic N) is 2. The molecule has 11 heteroatoms. The van der Waals surface area contributed by atoms with Crippen LogP contribution in [0.1, 0.15) is 31.4 Å². The van der Waals surface area contributed by atoms with E-state index in [0.717, 1.165) is 35.0 Å². The Kier molecular flexibility index (Phi) is 10.4. The number of aliphatic hydroxyl groups is 1. The van der Waals surface area contributed by atoms with Gasteiger partial charge in [-0.2, -0.15) is 0 Å². The zero-order valence-corrected chi connectivity index (χ0v) is 24.5. The first-order valence-electron chi connectivity index (χ1n) is 14.6. The van der Waals surface area contributed by atoms with Crippen LogP contribution in [0.4, 0.5) is 10.5 Å². The molecule has 11 nitrogen and oxygen atoms in total. The third-order valence-corrected chi connectivity index (χ3v) is 7.52. The number of anilines is 1. The number of piperazine rings is 1. The summed E-state index contributed by atoms with van der Waals surface area (Å²) < 4.78 is 0. The second-order valence-electron chi connectivity index (χ2n) is 11.3. The number of carbonyl (C=O) groups excluding carboxylic acids is 3. The fraction of sp³-hybridized carbons (Fsp3) is 0.452. The number of aryl methyl sites for hydroxylation is 1. The Morgan fingerprint density at radius 2 is 1.67 bits per heavy atom. The van der Waals surface area contributed by atoms with Crippen molar-refractivity contribution < 1.29 is 19.5 Å². The summed E-state index contributed by atoms with van der Waals surface area (Å²) in [6.07, 6.45) is 3.83. The van der Waals surface area contributed by atoms with Crippen LogP contribution in [0.25, 0.3) is 10.9 Å². The standard InChI is InChI=1S/C31H43N7O4/c1-31(2,32)29(41)36-26(20-23-21-35-25-11-5-4-10-24(23)25)28(40)38-17-15-37(16-18-38)27-12-6-3-8-22(27)9-7-13-33-30(42)34-14-19-39/h3-6,8,10-12,21,26,35,39H,7,9,13-20,32H2,1-2H3,(H,36,41)(H2,33,34,42)/t26-/m1/s1. The highest BCUT2D eigenvalue weighted by Gasteiger charge is 2.33. The van der Waals surface area contributed by atoms with Crippen molar-refractivity contribution in [2.24, 2.45) is 5.73 Å². The number of hydrogen-bond donors (Lipinski definition) is 6. The summed E-state index contributed by atoms with van der Waals surface area (Å²) in [6, 6.07) is 15.1. The van der Waals surface area contributed by atoms with Crippen molar-refractivity contribution in [2.75, 3.05) is 50.8 Å². The molecule has 7 N–H and O–H groups in total. The van der Waals surface area contributed by atoms with E-state index in [-0.39, 0.29) is 31.0 Å². The van der Waals surface area contributed by atoms with Gasteiger partial charge in [-0.05, 0) is 49.9 Å². The average molecular weight is 578 g/mol. The van der Waals surface area contributed by atoms with Gasteiger partial charge >= 0.3 is 6.03 Å². The summed E-state index contributed by atoms with van der Waals surface area (Å²) in [7, 11) is 0. The summed E-state index contributed by atoms with van der Waals surface area (Å²) in [5.74, 6) is -0.481. The Balaban J connectivity index is 1.38. The van der Waals surface area contributed by atoms with Crippen molar-refractivity contribution in [1.29, 1.82) is 0 Å². The SMILES string of the molecule is CC(C)(N)C(=O)N[C@H](Cc1c[nH]c2ccccc12)C(=O)N1CCN(c2ccccc2CCCNC(=O)NCCO)CC1. The van der Waals surface area contributed by atoms with Crippen molar-refractivity contribution in [2.45, 2.75) is 44.7 Å². The molecule has 1 atom stereocenters. The molecule has 0 unspecified atom stereocenters. The zero-order valence-electron chi connectivity index (χ0n) is 24.5. The number of carbonyl (C=O) groups is 3. The van der Waals surface area contributed by atoms with Gasteiger partial charge in [0.15, 0.2) is 0 Å². The van der Waals surface area contributed by atoms with Crippen molar-refractivity contribution in [3.8, 4) is 0 Å². The largest absolute Gasteiger partial charge is 0.395 e. The van der Waals surface area contributed by atoms with Gasteiger partial charge in [0.2, 0.25) is 11.8 Å². The molecule has 0 radical (unpaired) electrons. The zero-order chi connectivity index (χ0) is 30.1. The van der Waals surface area contributed by atoms with Gasteiger partial charge in [-0.15, -0.1) is 0 Å². The Hall–Kier alpha value is -4.09. The number of aromatic amines is 1. The van der Waals surface area contributed by atoms with Crippen LogP contribution in [0, 0.1) is 0 Å². The van der Waals surface area contributed by atoms with E-state index in [0.29, 0.717) is 39.1 Å². The number of H-pyrrole nitrogens is 1. The van der Waals surface area contributed by atoms with Crippen LogP contribution in [-0.2, 0) is 22.4 Å². The Morgan fingerprint density at radius 1 is 0.976 bits per heavy atom. The minimum atomic E-state index is -1.11. The van der Waals surface area contributed by atoms with Gasteiger partial charge in [0.25, 0.3) is 0 Å². The highest BCUT2D eigenvalue weighted by molar-refractivity contribution is 5.92. The molecule has 3 aromatic rings. The fourth-order valence-corrected chi connectivity index (χ4v) is 5.20. The van der Waals surface area contributed by atoms with Crippen LogP contribution in [0.3, 0.4) is 0 Å². The number of aromatic nitrogens is 1. The van der Waals surface area contributed by atoms with Gasteiger partial charge in [0, 0.05) is 68.5 Å². The van der Waals surface area contributed by atoms with Crippen molar-refractivity contribution in [1.82, 2.24) is 25.8 Å². The number of hydrogen-bond acceptors (Lipinski definition) is 6. The molecule has 0 spiro atoms. The Labute approximate surface area is 246 Å². The van der Waals surface area contributed by atoms with E-state index < -0.39 is 11.6 Å². The first kappa shape index (κ1) is 30.9. The van der Waals surface area contributed by atoms with Gasteiger partial charge in [-0.25, -0.2) is 4.79 Å². The van der Waals surface area contributed by atoms with Gasteiger partial charge in [0.1, 0.15) is 6.04 Å². The van der Waals surface area contributed by atoms with E-state index in [1.807, 2.05) is 47.5 Å². The van der Waals surface area contributed by atoms with E-state index in [1.165, 1.54) is 5.56 Å². The lowest BCUT2D eigenvalue weighted by Gasteiger charge is -2.38. The molecule has 4 rings (SSSR count). The topological polar surface area (TPSA) is 156 Å². The van der Waals surface area contributed by atoms with Crippen molar-refractivity contribution in [3.05, 3.63) is 65.9 Å².